The molecule has 12 nitrogen and oxygen atoms in total. The van der Waals surface area contributed by atoms with Crippen molar-refractivity contribution in [3.8, 4) is 5.75 Å². The Kier molecular flexibility index (Phi) is 9.71. The van der Waals surface area contributed by atoms with Gasteiger partial charge in [-0.3, -0.25) is 4.79 Å². The number of methoxy groups -OCH3 is 1. The van der Waals surface area contributed by atoms with Gasteiger partial charge in [-0.05, 0) is 86.8 Å². The maximum Gasteiger partial charge on any atom is 0.301 e. The highest BCUT2D eigenvalue weighted by atomic mass is 32.2. The first kappa shape index (κ1) is 24.4. The van der Waals surface area contributed by atoms with Crippen LogP contribution in [-0.2, 0) is 10.0 Å². The molecule has 2 rings (SSSR count). The van der Waals surface area contributed by atoms with Crippen LogP contribution in [-0.4, -0.2) is 27.5 Å². The number of nitrogens with zero attached hydrogens (tertiary/aromatic N) is 7. The minimum Gasteiger partial charge on any atom is -0.497 e. The Morgan fingerprint density at radius 1 is 1.00 bits per heavy atom. The van der Waals surface area contributed by atoms with Gasteiger partial charge in [-0.2, -0.15) is 19.1 Å². The molecule has 1 N–H and O–H groups in total. The van der Waals surface area contributed by atoms with Crippen molar-refractivity contribution in [3.05, 3.63) is 59.7 Å². The van der Waals surface area contributed by atoms with E-state index in [4.69, 9.17) is 4.74 Å². The van der Waals surface area contributed by atoms with Crippen molar-refractivity contribution in [1.82, 2.24) is 5.53 Å². The van der Waals surface area contributed by atoms with E-state index in [-0.39, 0.29) is 10.7 Å². The third-order valence-corrected chi connectivity index (χ3v) is 5.13. The summed E-state index contributed by atoms with van der Waals surface area (Å²) in [7, 11) is -2.38. The van der Waals surface area contributed by atoms with Crippen LogP contribution in [0.15, 0.2) is 89.2 Å². The van der Waals surface area contributed by atoms with Gasteiger partial charge in [0, 0.05) is 18.2 Å². The lowest BCUT2D eigenvalue weighted by atomic mass is 10.1. The number of ketones is 1. The van der Waals surface area contributed by atoms with E-state index in [2.05, 4.69) is 41.3 Å². The first-order valence-electron chi connectivity index (χ1n) is 9.40. The normalized spacial score (nSPS) is 12.3. The maximum absolute atomic E-state index is 12.0. The Balaban J connectivity index is 1.64. The summed E-state index contributed by atoms with van der Waals surface area (Å²) >= 11 is 0. The zero-order chi connectivity index (χ0) is 23.2. The number of sulfonamides is 1. The average Bonchev–Trinajstić information content (AvgIpc) is 2.80. The Morgan fingerprint density at radius 3 is 2.38 bits per heavy atom. The summed E-state index contributed by atoms with van der Waals surface area (Å²) in [6.45, 7) is 1.83. The molecule has 0 aromatic heterocycles. The van der Waals surface area contributed by atoms with Gasteiger partial charge in [-0.25, -0.2) is 0 Å². The molecule has 0 heterocycles. The van der Waals surface area contributed by atoms with Crippen LogP contribution in [0.25, 0.3) is 0 Å². The van der Waals surface area contributed by atoms with E-state index in [1.54, 1.807) is 43.5 Å². The largest absolute Gasteiger partial charge is 0.497 e. The molecule has 0 amide bonds. The summed E-state index contributed by atoms with van der Waals surface area (Å²) in [4.78, 5) is 12.0. The Morgan fingerprint density at radius 2 is 1.69 bits per heavy atom. The quantitative estimate of drug-likeness (QED) is 0.163. The molecule has 0 aliphatic carbocycles. The van der Waals surface area contributed by atoms with E-state index < -0.39 is 10.0 Å². The van der Waals surface area contributed by atoms with Crippen molar-refractivity contribution >= 4 is 22.0 Å². The van der Waals surface area contributed by atoms with E-state index in [0.29, 0.717) is 30.6 Å². The fourth-order valence-corrected chi connectivity index (χ4v) is 3.01. The highest BCUT2D eigenvalue weighted by molar-refractivity contribution is 7.90. The summed E-state index contributed by atoms with van der Waals surface area (Å²) in [6.07, 6.45) is 3.08. The minimum atomic E-state index is -3.95. The summed E-state index contributed by atoms with van der Waals surface area (Å²) in [5.41, 5.74) is 3.78. The number of carbonyl (C=O) groups is 1. The molecule has 0 spiro atoms. The first-order valence-corrected chi connectivity index (χ1v) is 10.8. The van der Waals surface area contributed by atoms with E-state index in [9.17, 15) is 13.2 Å². The molecule has 2 aromatic carbocycles. The Bertz CT molecular complexity index is 1100. The number of unbranched alkanes of at least 4 members (excludes halogenated alkanes) is 1. The van der Waals surface area contributed by atoms with Crippen LogP contribution in [0, 0.1) is 6.92 Å². The minimum absolute atomic E-state index is 0.00891. The van der Waals surface area contributed by atoms with Gasteiger partial charge in [-0.1, -0.05) is 17.7 Å². The van der Waals surface area contributed by atoms with E-state index >= 15 is 0 Å². The van der Waals surface area contributed by atoms with Gasteiger partial charge in [0.2, 0.25) is 0 Å². The zero-order valence-electron chi connectivity index (χ0n) is 17.5. The number of rotatable bonds is 12. The highest BCUT2D eigenvalue weighted by Gasteiger charge is 2.12. The highest BCUT2D eigenvalue weighted by Crippen LogP contribution is 2.14. The number of nitrogens with one attached hydrogen (secondary N) is 1. The summed E-state index contributed by atoms with van der Waals surface area (Å²) in [5.74, 6) is 0.733. The number of benzene rings is 2. The van der Waals surface area contributed by atoms with Crippen molar-refractivity contribution in [2.45, 2.75) is 31.1 Å². The molecule has 13 heteroatoms. The molecule has 0 unspecified atom stereocenters. The van der Waals surface area contributed by atoms with Crippen LogP contribution in [0.4, 0.5) is 0 Å². The summed E-state index contributed by atoms with van der Waals surface area (Å²) < 4.78 is 31.9. The fraction of sp³-hybridized carbons (Fsp3) is 0.263. The number of hydrogen-bond acceptors (Lipinski definition) is 6. The van der Waals surface area contributed by atoms with Gasteiger partial charge in [0.15, 0.2) is 5.78 Å². The van der Waals surface area contributed by atoms with Gasteiger partial charge in [-0.15, -0.1) is 0 Å². The molecular weight excluding hydrogens is 436 g/mol. The Labute approximate surface area is 185 Å². The second kappa shape index (κ2) is 12.7. The van der Waals surface area contributed by atoms with E-state index in [1.807, 2.05) is 6.92 Å². The van der Waals surface area contributed by atoms with Crippen LogP contribution >= 0.6 is 0 Å². The second-order valence-electron chi connectivity index (χ2n) is 6.28. The van der Waals surface area contributed by atoms with Crippen molar-refractivity contribution < 1.29 is 17.9 Å². The number of hydrogen-bond donors (Lipinski definition) is 1. The SMILES string of the molecule is COc1ccc(C(=O)CCC/C=N/N/N=N/N=N/N=N/S(=O)(=O)c2ccc(C)cc2)cc1. The summed E-state index contributed by atoms with van der Waals surface area (Å²) in [5, 5.41) is 19.7. The molecule has 168 valence electrons. The predicted molar refractivity (Wildman–Crippen MR) is 116 cm³/mol. The molecule has 0 radical (unpaired) electrons. The fourth-order valence-electron chi connectivity index (χ4n) is 2.30. The van der Waals surface area contributed by atoms with Gasteiger partial charge >= 0.3 is 10.0 Å². The number of hydrazone groups is 1. The van der Waals surface area contributed by atoms with Crippen molar-refractivity contribution in [3.63, 3.8) is 0 Å². The molecule has 0 atom stereocenters. The lowest BCUT2D eigenvalue weighted by Crippen LogP contribution is -1.99. The molecule has 0 bridgehead atoms. The molecule has 32 heavy (non-hydrogen) atoms. The van der Waals surface area contributed by atoms with Gasteiger partial charge < -0.3 is 4.74 Å². The van der Waals surface area contributed by atoms with Gasteiger partial charge in [0.1, 0.15) is 5.75 Å². The molecule has 0 fully saturated rings. The molecule has 0 saturated heterocycles. The molecular formula is C19H22N8O4S. The molecule has 0 aliphatic rings. The Hall–Kier alpha value is -3.87. The van der Waals surface area contributed by atoms with E-state index in [1.165, 1.54) is 18.3 Å². The number of carbonyl (C=O) groups excluding carboxylic acids is 1. The third-order valence-electron chi connectivity index (χ3n) is 3.97. The van der Waals surface area contributed by atoms with Crippen LogP contribution < -0.4 is 10.3 Å². The third kappa shape index (κ3) is 8.47. The number of Topliss-reactive ketones (excluding diaryl/α,β-unsaturated/α-hetero) is 1. The molecule has 0 aliphatic heterocycles. The van der Waals surface area contributed by atoms with Crippen LogP contribution in [0.1, 0.15) is 35.2 Å². The summed E-state index contributed by atoms with van der Waals surface area (Å²) in [6, 6.07) is 13.0. The maximum atomic E-state index is 12.0. The smallest absolute Gasteiger partial charge is 0.301 e. The monoisotopic (exact) mass is 458 g/mol. The topological polar surface area (TPSA) is 159 Å². The average molecular weight is 459 g/mol. The van der Waals surface area contributed by atoms with Crippen LogP contribution in [0.3, 0.4) is 0 Å². The van der Waals surface area contributed by atoms with Crippen LogP contribution in [0.5, 0.6) is 5.75 Å². The molecule has 2 aromatic rings. The zero-order valence-corrected chi connectivity index (χ0v) is 18.3. The number of aryl methyl sites for hydroxylation is 1. The van der Waals surface area contributed by atoms with Crippen molar-refractivity contribution in [1.29, 1.82) is 0 Å². The lowest BCUT2D eigenvalue weighted by Gasteiger charge is -2.02. The predicted octanol–water partition coefficient (Wildman–Crippen LogP) is 4.42. The lowest BCUT2D eigenvalue weighted by molar-refractivity contribution is 0.0981. The van der Waals surface area contributed by atoms with Gasteiger partial charge in [0.05, 0.1) is 12.0 Å². The first-order chi connectivity index (χ1) is 15.4. The second-order valence-corrected chi connectivity index (χ2v) is 7.87. The molecule has 0 saturated carbocycles. The van der Waals surface area contributed by atoms with Crippen molar-refractivity contribution in [2.75, 3.05) is 7.11 Å². The van der Waals surface area contributed by atoms with Crippen LogP contribution in [0.2, 0.25) is 0 Å². The van der Waals surface area contributed by atoms with Gasteiger partial charge in [0.25, 0.3) is 0 Å². The van der Waals surface area contributed by atoms with Crippen molar-refractivity contribution in [2.24, 2.45) is 35.7 Å². The standard InChI is InChI=1S/C19H22N8O4S/c1-15-6-12-18(13-7-15)32(29,30)27-26-25-24-23-22-21-20-14-4-3-5-19(28)16-8-10-17(31-2)11-9-16/h6-14H,3-5H2,1-2H3,(H,21,23,25,27)/b20-14+. The van der Waals surface area contributed by atoms with E-state index in [0.717, 1.165) is 5.56 Å². The number of ether oxygens (including phenoxy) is 1.